The van der Waals surface area contributed by atoms with Gasteiger partial charge in [-0.1, -0.05) is 35.9 Å². The third kappa shape index (κ3) is 4.57. The fourth-order valence-corrected chi connectivity index (χ4v) is 4.86. The Labute approximate surface area is 183 Å². The SMILES string of the molecule is CCOC(=O)c1c(NC(=O)[C@@H]2CC=CC[C@H]2C(=O)O)sc(C)c1-c1cccc(Cl)c1. The molecule has 8 heteroatoms. The van der Waals surface area contributed by atoms with Crippen molar-refractivity contribution in [2.24, 2.45) is 11.8 Å². The molecular weight excluding hydrogens is 426 g/mol. The largest absolute Gasteiger partial charge is 0.481 e. The molecule has 0 radical (unpaired) electrons. The number of halogens is 1. The first kappa shape index (κ1) is 22.1. The number of thiophene rings is 1. The van der Waals surface area contributed by atoms with E-state index in [0.29, 0.717) is 28.4 Å². The third-order valence-electron chi connectivity index (χ3n) is 5.00. The van der Waals surface area contributed by atoms with Crippen molar-refractivity contribution in [3.8, 4) is 11.1 Å². The number of ether oxygens (including phenoxy) is 1. The van der Waals surface area contributed by atoms with Crippen LogP contribution in [0.1, 0.15) is 35.0 Å². The summed E-state index contributed by atoms with van der Waals surface area (Å²) in [7, 11) is 0. The molecular formula is C22H22ClNO5S. The Kier molecular flexibility index (Phi) is 6.95. The molecule has 0 saturated heterocycles. The lowest BCUT2D eigenvalue weighted by Gasteiger charge is -2.24. The highest BCUT2D eigenvalue weighted by Crippen LogP contribution is 2.41. The smallest absolute Gasteiger partial charge is 0.341 e. The summed E-state index contributed by atoms with van der Waals surface area (Å²) in [5.74, 6) is -3.48. The van der Waals surface area contributed by atoms with Crippen LogP contribution in [-0.4, -0.2) is 29.6 Å². The van der Waals surface area contributed by atoms with Crippen molar-refractivity contribution >= 4 is 45.8 Å². The van der Waals surface area contributed by atoms with E-state index in [-0.39, 0.29) is 12.2 Å². The molecule has 0 bridgehead atoms. The summed E-state index contributed by atoms with van der Waals surface area (Å²) in [4.78, 5) is 38.1. The molecule has 6 nitrogen and oxygen atoms in total. The van der Waals surface area contributed by atoms with Crippen molar-refractivity contribution in [1.82, 2.24) is 0 Å². The lowest BCUT2D eigenvalue weighted by molar-refractivity contribution is -0.146. The number of carbonyl (C=O) groups is 3. The van der Waals surface area contributed by atoms with E-state index in [1.807, 2.05) is 19.1 Å². The van der Waals surface area contributed by atoms with Gasteiger partial charge in [-0.3, -0.25) is 9.59 Å². The Bertz CT molecular complexity index is 1010. The van der Waals surface area contributed by atoms with Gasteiger partial charge in [0.25, 0.3) is 0 Å². The average Bonchev–Trinajstić information content (AvgIpc) is 3.03. The maximum Gasteiger partial charge on any atom is 0.341 e. The Morgan fingerprint density at radius 3 is 2.57 bits per heavy atom. The second kappa shape index (κ2) is 9.45. The van der Waals surface area contributed by atoms with Crippen LogP contribution in [0.4, 0.5) is 5.00 Å². The van der Waals surface area contributed by atoms with Crippen LogP contribution in [0.3, 0.4) is 0 Å². The van der Waals surface area contributed by atoms with Crippen LogP contribution in [-0.2, 0) is 14.3 Å². The van der Waals surface area contributed by atoms with Crippen molar-refractivity contribution < 1.29 is 24.2 Å². The first-order valence-corrected chi connectivity index (χ1v) is 10.8. The predicted molar refractivity (Wildman–Crippen MR) is 117 cm³/mol. The maximum absolute atomic E-state index is 13.0. The van der Waals surface area contributed by atoms with E-state index in [1.54, 1.807) is 31.2 Å². The minimum Gasteiger partial charge on any atom is -0.481 e. The van der Waals surface area contributed by atoms with Gasteiger partial charge in [0.15, 0.2) is 0 Å². The van der Waals surface area contributed by atoms with E-state index in [2.05, 4.69) is 5.32 Å². The van der Waals surface area contributed by atoms with Crippen molar-refractivity contribution in [3.63, 3.8) is 0 Å². The number of nitrogens with one attached hydrogen (secondary N) is 1. The lowest BCUT2D eigenvalue weighted by Crippen LogP contribution is -2.34. The number of allylic oxidation sites excluding steroid dienone is 2. The normalized spacial score (nSPS) is 18.1. The van der Waals surface area contributed by atoms with Crippen LogP contribution in [0, 0.1) is 18.8 Å². The molecule has 158 valence electrons. The first-order valence-electron chi connectivity index (χ1n) is 9.58. The monoisotopic (exact) mass is 447 g/mol. The molecule has 0 spiro atoms. The van der Waals surface area contributed by atoms with E-state index in [4.69, 9.17) is 16.3 Å². The van der Waals surface area contributed by atoms with E-state index in [0.717, 1.165) is 10.4 Å². The van der Waals surface area contributed by atoms with E-state index in [9.17, 15) is 19.5 Å². The molecule has 2 N–H and O–H groups in total. The van der Waals surface area contributed by atoms with Crippen molar-refractivity contribution in [2.45, 2.75) is 26.7 Å². The molecule has 2 atom stereocenters. The molecule has 3 rings (SSSR count). The number of esters is 1. The standard InChI is InChI=1S/C22H22ClNO5S/c1-3-29-22(28)18-17(13-7-6-8-14(23)11-13)12(2)30-20(18)24-19(25)15-9-4-5-10-16(15)21(26)27/h4-8,11,15-16H,3,9-10H2,1-2H3,(H,24,25)(H,26,27)/t15-,16-/m1/s1. The third-order valence-corrected chi connectivity index (χ3v) is 6.26. The highest BCUT2D eigenvalue weighted by Gasteiger charge is 2.35. The van der Waals surface area contributed by atoms with Crippen LogP contribution >= 0.6 is 22.9 Å². The van der Waals surface area contributed by atoms with Crippen LogP contribution < -0.4 is 5.32 Å². The van der Waals surface area contributed by atoms with Crippen LogP contribution in [0.15, 0.2) is 36.4 Å². The van der Waals surface area contributed by atoms with Gasteiger partial charge in [-0.15, -0.1) is 11.3 Å². The second-order valence-corrected chi connectivity index (χ2v) is 8.61. The second-order valence-electron chi connectivity index (χ2n) is 6.95. The Morgan fingerprint density at radius 1 is 1.23 bits per heavy atom. The molecule has 30 heavy (non-hydrogen) atoms. The highest BCUT2D eigenvalue weighted by molar-refractivity contribution is 7.17. The van der Waals surface area contributed by atoms with Crippen LogP contribution in [0.5, 0.6) is 0 Å². The predicted octanol–water partition coefficient (Wildman–Crippen LogP) is 5.16. The summed E-state index contributed by atoms with van der Waals surface area (Å²) in [5, 5.41) is 13.1. The van der Waals surface area contributed by atoms with Gasteiger partial charge in [-0.25, -0.2) is 4.79 Å². The fourth-order valence-electron chi connectivity index (χ4n) is 3.60. The Hall–Kier alpha value is -2.64. The summed E-state index contributed by atoms with van der Waals surface area (Å²) < 4.78 is 5.24. The number of aryl methyl sites for hydroxylation is 1. The Balaban J connectivity index is 2.01. The number of hydrogen-bond donors (Lipinski definition) is 2. The van der Waals surface area contributed by atoms with E-state index < -0.39 is 29.7 Å². The van der Waals surface area contributed by atoms with Gasteiger partial charge in [0.2, 0.25) is 5.91 Å². The minimum absolute atomic E-state index is 0.185. The molecule has 1 amide bonds. The van der Waals surface area contributed by atoms with Gasteiger partial charge in [0.1, 0.15) is 10.6 Å². The summed E-state index contributed by atoms with van der Waals surface area (Å²) in [6.45, 7) is 3.74. The van der Waals surface area contributed by atoms with Crippen LogP contribution in [0.25, 0.3) is 11.1 Å². The van der Waals surface area contributed by atoms with Gasteiger partial charge in [0, 0.05) is 15.5 Å². The van der Waals surface area contributed by atoms with Gasteiger partial charge >= 0.3 is 11.9 Å². The molecule has 1 aromatic carbocycles. The number of carboxylic acids is 1. The summed E-state index contributed by atoms with van der Waals surface area (Å²) in [6, 6.07) is 7.11. The maximum atomic E-state index is 13.0. The topological polar surface area (TPSA) is 92.7 Å². The van der Waals surface area contributed by atoms with Crippen molar-refractivity contribution in [3.05, 3.63) is 51.9 Å². The number of aliphatic carboxylic acids is 1. The summed E-state index contributed by atoms with van der Waals surface area (Å²) >= 11 is 7.39. The van der Waals surface area contributed by atoms with Gasteiger partial charge in [-0.2, -0.15) is 0 Å². The number of anilines is 1. The van der Waals surface area contributed by atoms with Gasteiger partial charge < -0.3 is 15.2 Å². The molecule has 0 aliphatic heterocycles. The summed E-state index contributed by atoms with van der Waals surface area (Å²) in [5.41, 5.74) is 1.64. The quantitative estimate of drug-likeness (QED) is 0.471. The molecule has 0 unspecified atom stereocenters. The average molecular weight is 448 g/mol. The Morgan fingerprint density at radius 2 is 1.93 bits per heavy atom. The molecule has 1 aliphatic rings. The fraction of sp³-hybridized carbons (Fsp3) is 0.318. The number of amides is 1. The zero-order valence-corrected chi connectivity index (χ0v) is 18.2. The summed E-state index contributed by atoms with van der Waals surface area (Å²) in [6.07, 6.45) is 4.23. The number of benzene rings is 1. The number of carbonyl (C=O) groups excluding carboxylic acids is 2. The van der Waals surface area contributed by atoms with Gasteiger partial charge in [0.05, 0.1) is 18.4 Å². The lowest BCUT2D eigenvalue weighted by atomic mass is 9.82. The molecule has 1 aromatic heterocycles. The highest BCUT2D eigenvalue weighted by atomic mass is 35.5. The molecule has 0 saturated carbocycles. The van der Waals surface area contributed by atoms with E-state index in [1.165, 1.54) is 11.3 Å². The molecule has 0 fully saturated rings. The zero-order valence-electron chi connectivity index (χ0n) is 16.6. The number of hydrogen-bond acceptors (Lipinski definition) is 5. The zero-order chi connectivity index (χ0) is 21.8. The molecule has 1 aliphatic carbocycles. The first-order chi connectivity index (χ1) is 14.3. The number of rotatable bonds is 6. The van der Waals surface area contributed by atoms with Gasteiger partial charge in [-0.05, 0) is 44.4 Å². The van der Waals surface area contributed by atoms with Crippen molar-refractivity contribution in [2.75, 3.05) is 11.9 Å². The van der Waals surface area contributed by atoms with E-state index >= 15 is 0 Å². The molecule has 2 aromatic rings. The minimum atomic E-state index is -1.01. The number of carboxylic acid groups (broad SMARTS) is 1. The van der Waals surface area contributed by atoms with Crippen LogP contribution in [0.2, 0.25) is 5.02 Å². The van der Waals surface area contributed by atoms with Crippen molar-refractivity contribution in [1.29, 1.82) is 0 Å². The molecule has 1 heterocycles.